The predicted molar refractivity (Wildman–Crippen MR) is 50.0 cm³/mol. The first kappa shape index (κ1) is 10.2. The van der Waals surface area contributed by atoms with Crippen LogP contribution in [-0.4, -0.2) is 5.92 Å². The molecule has 1 rings (SSSR count). The lowest BCUT2D eigenvalue weighted by atomic mass is 10.0. The SMILES string of the molecule is CCCC(F)(F)Cc1ccccc1. The van der Waals surface area contributed by atoms with Crippen LogP contribution in [-0.2, 0) is 6.42 Å². The van der Waals surface area contributed by atoms with Gasteiger partial charge in [0.05, 0.1) is 0 Å². The van der Waals surface area contributed by atoms with Gasteiger partial charge < -0.3 is 0 Å². The van der Waals surface area contributed by atoms with Crippen LogP contribution in [0.1, 0.15) is 25.3 Å². The maximum Gasteiger partial charge on any atom is 0.252 e. The molecule has 0 N–H and O–H groups in total. The quantitative estimate of drug-likeness (QED) is 0.669. The van der Waals surface area contributed by atoms with E-state index in [0.717, 1.165) is 0 Å². The van der Waals surface area contributed by atoms with E-state index >= 15 is 0 Å². The molecule has 0 bridgehead atoms. The molecule has 0 aliphatic heterocycles. The standard InChI is InChI=1S/C11H14F2/c1-2-8-11(12,13)9-10-6-4-3-5-7-10/h3-7H,2,8-9H2,1H3. The number of hydrogen-bond acceptors (Lipinski definition) is 0. The second-order valence-electron chi connectivity index (χ2n) is 3.27. The van der Waals surface area contributed by atoms with Gasteiger partial charge in [0, 0.05) is 12.8 Å². The minimum Gasteiger partial charge on any atom is -0.207 e. The maximum atomic E-state index is 13.1. The molecular formula is C11H14F2. The lowest BCUT2D eigenvalue weighted by molar-refractivity contribution is -0.00771. The van der Waals surface area contributed by atoms with Crippen molar-refractivity contribution in [3.63, 3.8) is 0 Å². The van der Waals surface area contributed by atoms with Crippen LogP contribution in [0.3, 0.4) is 0 Å². The monoisotopic (exact) mass is 184 g/mol. The molecule has 0 saturated carbocycles. The molecule has 1 aromatic rings. The van der Waals surface area contributed by atoms with Gasteiger partial charge in [-0.25, -0.2) is 8.78 Å². The van der Waals surface area contributed by atoms with E-state index in [2.05, 4.69) is 0 Å². The Morgan fingerprint density at radius 2 is 1.77 bits per heavy atom. The largest absolute Gasteiger partial charge is 0.252 e. The van der Waals surface area contributed by atoms with Crippen molar-refractivity contribution in [3.05, 3.63) is 35.9 Å². The Hall–Kier alpha value is -0.920. The van der Waals surface area contributed by atoms with Crippen LogP contribution < -0.4 is 0 Å². The van der Waals surface area contributed by atoms with E-state index in [1.807, 2.05) is 6.07 Å². The summed E-state index contributed by atoms with van der Waals surface area (Å²) in [5, 5.41) is 0. The zero-order chi connectivity index (χ0) is 9.73. The van der Waals surface area contributed by atoms with E-state index in [1.54, 1.807) is 31.2 Å². The van der Waals surface area contributed by atoms with Crippen LogP contribution in [0.4, 0.5) is 8.78 Å². The first-order valence-electron chi connectivity index (χ1n) is 4.56. The van der Waals surface area contributed by atoms with Gasteiger partial charge in [-0.05, 0) is 5.56 Å². The number of hydrogen-bond donors (Lipinski definition) is 0. The molecular weight excluding hydrogens is 170 g/mol. The molecule has 0 heterocycles. The topological polar surface area (TPSA) is 0 Å². The predicted octanol–water partition coefficient (Wildman–Crippen LogP) is 3.66. The van der Waals surface area contributed by atoms with Crippen molar-refractivity contribution in [2.75, 3.05) is 0 Å². The summed E-state index contributed by atoms with van der Waals surface area (Å²) in [6.45, 7) is 1.78. The minimum atomic E-state index is -2.55. The van der Waals surface area contributed by atoms with Crippen molar-refractivity contribution >= 4 is 0 Å². The fourth-order valence-corrected chi connectivity index (χ4v) is 1.35. The Morgan fingerprint density at radius 1 is 1.15 bits per heavy atom. The molecule has 0 saturated heterocycles. The second kappa shape index (κ2) is 4.35. The highest BCUT2D eigenvalue weighted by Crippen LogP contribution is 2.24. The summed E-state index contributed by atoms with van der Waals surface area (Å²) in [7, 11) is 0. The van der Waals surface area contributed by atoms with Gasteiger partial charge in [-0.1, -0.05) is 43.7 Å². The average molecular weight is 184 g/mol. The van der Waals surface area contributed by atoms with Crippen LogP contribution >= 0.6 is 0 Å². The lowest BCUT2D eigenvalue weighted by Crippen LogP contribution is -2.18. The summed E-state index contributed by atoms with van der Waals surface area (Å²) in [4.78, 5) is 0. The normalized spacial score (nSPS) is 11.6. The molecule has 0 spiro atoms. The van der Waals surface area contributed by atoms with Crippen LogP contribution in [0.5, 0.6) is 0 Å². The molecule has 0 unspecified atom stereocenters. The minimum absolute atomic E-state index is 0.0259. The van der Waals surface area contributed by atoms with Gasteiger partial charge >= 0.3 is 0 Å². The summed E-state index contributed by atoms with van der Waals surface area (Å²) >= 11 is 0. The van der Waals surface area contributed by atoms with E-state index in [1.165, 1.54) is 0 Å². The highest BCUT2D eigenvalue weighted by Gasteiger charge is 2.27. The van der Waals surface area contributed by atoms with Gasteiger partial charge in [-0.3, -0.25) is 0 Å². The number of rotatable bonds is 4. The highest BCUT2D eigenvalue weighted by atomic mass is 19.3. The van der Waals surface area contributed by atoms with Crippen molar-refractivity contribution < 1.29 is 8.78 Å². The molecule has 0 aliphatic rings. The van der Waals surface area contributed by atoms with Gasteiger partial charge in [0.2, 0.25) is 0 Å². The van der Waals surface area contributed by atoms with E-state index in [4.69, 9.17) is 0 Å². The number of benzene rings is 1. The Balaban J connectivity index is 2.58. The zero-order valence-electron chi connectivity index (χ0n) is 7.76. The third kappa shape index (κ3) is 3.53. The highest BCUT2D eigenvalue weighted by molar-refractivity contribution is 5.16. The summed E-state index contributed by atoms with van der Waals surface area (Å²) in [5.74, 6) is -2.55. The molecule has 0 fully saturated rings. The third-order valence-corrected chi connectivity index (χ3v) is 1.92. The van der Waals surface area contributed by atoms with Crippen molar-refractivity contribution in [2.24, 2.45) is 0 Å². The molecule has 72 valence electrons. The molecule has 13 heavy (non-hydrogen) atoms. The summed E-state index contributed by atoms with van der Waals surface area (Å²) in [6.07, 6.45) is 0.364. The fraction of sp³-hybridized carbons (Fsp3) is 0.455. The maximum absolute atomic E-state index is 13.1. The molecule has 1 aromatic carbocycles. The van der Waals surface area contributed by atoms with Crippen LogP contribution in [0, 0.1) is 0 Å². The fourth-order valence-electron chi connectivity index (χ4n) is 1.35. The molecule has 0 aliphatic carbocycles. The Labute approximate surface area is 77.6 Å². The molecule has 0 nitrogen and oxygen atoms in total. The average Bonchev–Trinajstić information content (AvgIpc) is 2.04. The lowest BCUT2D eigenvalue weighted by Gasteiger charge is -2.14. The number of alkyl halides is 2. The van der Waals surface area contributed by atoms with Gasteiger partial charge in [0.25, 0.3) is 5.92 Å². The van der Waals surface area contributed by atoms with Gasteiger partial charge in [-0.15, -0.1) is 0 Å². The van der Waals surface area contributed by atoms with Crippen molar-refractivity contribution in [2.45, 2.75) is 32.1 Å². The summed E-state index contributed by atoms with van der Waals surface area (Å²) < 4.78 is 26.2. The van der Waals surface area contributed by atoms with Gasteiger partial charge in [0.1, 0.15) is 0 Å². The third-order valence-electron chi connectivity index (χ3n) is 1.92. The van der Waals surface area contributed by atoms with E-state index in [-0.39, 0.29) is 12.8 Å². The second-order valence-corrected chi connectivity index (χ2v) is 3.27. The Morgan fingerprint density at radius 3 is 2.31 bits per heavy atom. The van der Waals surface area contributed by atoms with Crippen molar-refractivity contribution in [3.8, 4) is 0 Å². The molecule has 0 amide bonds. The van der Waals surface area contributed by atoms with Gasteiger partial charge in [0.15, 0.2) is 0 Å². The van der Waals surface area contributed by atoms with Crippen LogP contribution in [0.25, 0.3) is 0 Å². The van der Waals surface area contributed by atoms with Crippen molar-refractivity contribution in [1.29, 1.82) is 0 Å². The summed E-state index contributed by atoms with van der Waals surface area (Å²) in [6, 6.07) is 8.89. The Kier molecular flexibility index (Phi) is 3.40. The smallest absolute Gasteiger partial charge is 0.207 e. The molecule has 2 heteroatoms. The number of halogens is 2. The van der Waals surface area contributed by atoms with E-state index in [9.17, 15) is 8.78 Å². The van der Waals surface area contributed by atoms with E-state index < -0.39 is 5.92 Å². The van der Waals surface area contributed by atoms with Crippen LogP contribution in [0.2, 0.25) is 0 Å². The molecule has 0 aromatic heterocycles. The Bertz CT molecular complexity index is 242. The van der Waals surface area contributed by atoms with Crippen molar-refractivity contribution in [1.82, 2.24) is 0 Å². The van der Waals surface area contributed by atoms with Crippen LogP contribution in [0.15, 0.2) is 30.3 Å². The molecule has 0 radical (unpaired) electrons. The first-order chi connectivity index (χ1) is 6.14. The first-order valence-corrected chi connectivity index (χ1v) is 4.56. The summed E-state index contributed by atoms with van der Waals surface area (Å²) in [5.41, 5.74) is 0.709. The molecule has 0 atom stereocenters. The zero-order valence-corrected chi connectivity index (χ0v) is 7.76. The van der Waals surface area contributed by atoms with E-state index in [0.29, 0.717) is 12.0 Å². The van der Waals surface area contributed by atoms with Gasteiger partial charge in [-0.2, -0.15) is 0 Å².